The second-order valence-corrected chi connectivity index (χ2v) is 10.9. The average molecular weight is 556 g/mol. The highest BCUT2D eigenvalue weighted by atomic mass is 19.1. The number of hydrogen-bond donors (Lipinski definition) is 3. The number of aliphatic hydroxyl groups excluding tert-OH is 1. The molecule has 1 heterocycles. The Kier molecular flexibility index (Phi) is 10.0. The molecule has 7 nitrogen and oxygen atoms in total. The Labute approximate surface area is 234 Å². The van der Waals surface area contributed by atoms with Crippen LogP contribution in [0, 0.1) is 23.5 Å². The number of aliphatic hydroxyl groups is 1. The summed E-state index contributed by atoms with van der Waals surface area (Å²) in [6, 6.07) is 9.19. The molecule has 5 atom stereocenters. The zero-order valence-corrected chi connectivity index (χ0v) is 23.2. The van der Waals surface area contributed by atoms with Crippen LogP contribution in [-0.2, 0) is 33.8 Å². The van der Waals surface area contributed by atoms with Crippen LogP contribution in [0.5, 0.6) is 0 Å². The van der Waals surface area contributed by atoms with Gasteiger partial charge in [-0.15, -0.1) is 0 Å². The van der Waals surface area contributed by atoms with Crippen LogP contribution in [0.1, 0.15) is 62.6 Å². The van der Waals surface area contributed by atoms with Gasteiger partial charge in [-0.25, -0.2) is 8.78 Å². The van der Waals surface area contributed by atoms with Gasteiger partial charge in [0.15, 0.2) is 0 Å². The van der Waals surface area contributed by atoms with Crippen molar-refractivity contribution in [1.29, 1.82) is 0 Å². The first-order chi connectivity index (χ1) is 19.2. The van der Waals surface area contributed by atoms with Crippen molar-refractivity contribution in [2.24, 2.45) is 11.8 Å². The second kappa shape index (κ2) is 13.5. The minimum Gasteiger partial charge on any atom is -0.390 e. The third-order valence-corrected chi connectivity index (χ3v) is 8.13. The Morgan fingerprint density at radius 3 is 2.20 bits per heavy atom. The van der Waals surface area contributed by atoms with Gasteiger partial charge in [0.25, 0.3) is 0 Å². The van der Waals surface area contributed by atoms with E-state index in [1.54, 1.807) is 6.92 Å². The van der Waals surface area contributed by atoms with Crippen LogP contribution >= 0.6 is 0 Å². The van der Waals surface area contributed by atoms with Crippen molar-refractivity contribution < 1.29 is 28.3 Å². The van der Waals surface area contributed by atoms with Crippen LogP contribution in [0.3, 0.4) is 0 Å². The van der Waals surface area contributed by atoms with Crippen molar-refractivity contribution >= 4 is 17.7 Å². The van der Waals surface area contributed by atoms with E-state index in [9.17, 15) is 28.3 Å². The molecule has 1 aliphatic carbocycles. The lowest BCUT2D eigenvalue weighted by atomic mass is 9.81. The fourth-order valence-electron chi connectivity index (χ4n) is 5.99. The van der Waals surface area contributed by atoms with E-state index in [-0.39, 0.29) is 48.6 Å². The molecule has 3 unspecified atom stereocenters. The molecule has 2 aromatic carbocycles. The van der Waals surface area contributed by atoms with Gasteiger partial charge in [0.05, 0.1) is 24.0 Å². The molecule has 0 bridgehead atoms. The van der Waals surface area contributed by atoms with Gasteiger partial charge in [-0.05, 0) is 60.9 Å². The van der Waals surface area contributed by atoms with Crippen molar-refractivity contribution in [3.8, 4) is 0 Å². The smallest absolute Gasteiger partial charge is 0.243 e. The van der Waals surface area contributed by atoms with E-state index in [0.29, 0.717) is 19.4 Å². The standard InChI is InChI=1S/C31H39F2N3O4/c1-3-19-8-7-9-20(12-19)17-34-18-28(37)26(15-21-13-22(32)16-23(33)14-21)35-29(38)27(4-2)36-30(39)24-10-5-6-11-25(24)31(36)40/h7-9,12-14,16,24-28,34,37H,3-6,10-11,15,17-18H2,1-2H3,(H,35,38)/t24?,25?,26-,27?,28+/m0/s1. The summed E-state index contributed by atoms with van der Waals surface area (Å²) in [5.74, 6) is -3.46. The van der Waals surface area contributed by atoms with E-state index in [1.807, 2.05) is 18.2 Å². The normalized spacial score (nSPS) is 21.2. The molecule has 2 aliphatic rings. The molecule has 40 heavy (non-hydrogen) atoms. The maximum absolute atomic E-state index is 13.9. The van der Waals surface area contributed by atoms with Gasteiger partial charge in [-0.2, -0.15) is 0 Å². The number of rotatable bonds is 12. The van der Waals surface area contributed by atoms with E-state index < -0.39 is 35.7 Å². The lowest BCUT2D eigenvalue weighted by Crippen LogP contribution is -2.56. The third-order valence-electron chi connectivity index (χ3n) is 8.13. The Morgan fingerprint density at radius 2 is 1.60 bits per heavy atom. The summed E-state index contributed by atoms with van der Waals surface area (Å²) in [6.45, 7) is 4.38. The van der Waals surface area contributed by atoms with Gasteiger partial charge in [0, 0.05) is 19.2 Å². The molecule has 0 spiro atoms. The largest absolute Gasteiger partial charge is 0.390 e. The molecule has 2 aromatic rings. The van der Waals surface area contributed by atoms with Crippen molar-refractivity contribution in [2.75, 3.05) is 6.54 Å². The first-order valence-corrected chi connectivity index (χ1v) is 14.3. The van der Waals surface area contributed by atoms with E-state index in [4.69, 9.17) is 0 Å². The highest BCUT2D eigenvalue weighted by Crippen LogP contribution is 2.39. The van der Waals surface area contributed by atoms with Crippen LogP contribution in [-0.4, -0.2) is 52.5 Å². The summed E-state index contributed by atoms with van der Waals surface area (Å²) in [4.78, 5) is 40.9. The molecular weight excluding hydrogens is 516 g/mol. The summed E-state index contributed by atoms with van der Waals surface area (Å²) in [5, 5.41) is 17.1. The van der Waals surface area contributed by atoms with Crippen LogP contribution < -0.4 is 10.6 Å². The maximum Gasteiger partial charge on any atom is 0.243 e. The third kappa shape index (κ3) is 6.93. The molecule has 2 fully saturated rings. The molecular formula is C31H39F2N3O4. The minimum atomic E-state index is -1.12. The molecule has 9 heteroatoms. The van der Waals surface area contributed by atoms with E-state index >= 15 is 0 Å². The SMILES string of the molecule is CCc1cccc(CNC[C@@H](O)[C@H](Cc2cc(F)cc(F)c2)NC(=O)C(CC)N2C(=O)C3CCCCC3C2=O)c1. The molecule has 3 N–H and O–H groups in total. The number of aryl methyl sites for hydroxylation is 1. The topological polar surface area (TPSA) is 98.7 Å². The molecule has 1 saturated carbocycles. The number of carbonyl (C=O) groups is 3. The Morgan fingerprint density at radius 1 is 0.975 bits per heavy atom. The summed E-state index contributed by atoms with van der Waals surface area (Å²) in [6.07, 6.45) is 3.00. The zero-order valence-electron chi connectivity index (χ0n) is 23.2. The van der Waals surface area contributed by atoms with Crippen LogP contribution in [0.15, 0.2) is 42.5 Å². The van der Waals surface area contributed by atoms with Crippen LogP contribution in [0.4, 0.5) is 8.78 Å². The number of amides is 3. The number of likely N-dealkylation sites (tertiary alicyclic amines) is 1. The number of halogens is 2. The monoisotopic (exact) mass is 555 g/mol. The number of fused-ring (bicyclic) bond motifs is 1. The summed E-state index contributed by atoms with van der Waals surface area (Å²) >= 11 is 0. The fraction of sp³-hybridized carbons (Fsp3) is 0.516. The lowest BCUT2D eigenvalue weighted by Gasteiger charge is -2.30. The van der Waals surface area contributed by atoms with Gasteiger partial charge < -0.3 is 15.7 Å². The fourth-order valence-corrected chi connectivity index (χ4v) is 5.99. The number of benzene rings is 2. The van der Waals surface area contributed by atoms with Gasteiger partial charge >= 0.3 is 0 Å². The number of nitrogens with zero attached hydrogens (tertiary/aromatic N) is 1. The highest BCUT2D eigenvalue weighted by Gasteiger charge is 2.51. The summed E-state index contributed by atoms with van der Waals surface area (Å²) in [5.41, 5.74) is 2.50. The van der Waals surface area contributed by atoms with Gasteiger partial charge in [0.1, 0.15) is 17.7 Å². The average Bonchev–Trinajstić information content (AvgIpc) is 3.18. The highest BCUT2D eigenvalue weighted by molar-refractivity contribution is 6.08. The Hall–Kier alpha value is -3.17. The molecule has 4 rings (SSSR count). The number of carbonyl (C=O) groups excluding carboxylic acids is 3. The first kappa shape index (κ1) is 29.8. The molecule has 0 aromatic heterocycles. The quantitative estimate of drug-likeness (QED) is 0.347. The predicted molar refractivity (Wildman–Crippen MR) is 147 cm³/mol. The zero-order chi connectivity index (χ0) is 28.8. The number of nitrogens with one attached hydrogen (secondary N) is 2. The predicted octanol–water partition coefficient (Wildman–Crippen LogP) is 3.66. The first-order valence-electron chi connectivity index (χ1n) is 14.3. The summed E-state index contributed by atoms with van der Waals surface area (Å²) < 4.78 is 27.9. The number of hydrogen-bond acceptors (Lipinski definition) is 5. The van der Waals surface area contributed by atoms with Gasteiger partial charge in [-0.1, -0.05) is 51.0 Å². The minimum absolute atomic E-state index is 0.0435. The molecule has 0 radical (unpaired) electrons. The van der Waals surface area contributed by atoms with Crippen molar-refractivity contribution in [2.45, 2.75) is 83.5 Å². The number of imide groups is 1. The maximum atomic E-state index is 13.9. The molecule has 1 saturated heterocycles. The van der Waals surface area contributed by atoms with Gasteiger partial charge in [-0.3, -0.25) is 19.3 Å². The van der Waals surface area contributed by atoms with Crippen molar-refractivity contribution in [3.05, 3.63) is 70.8 Å². The van der Waals surface area contributed by atoms with E-state index in [0.717, 1.165) is 47.9 Å². The van der Waals surface area contributed by atoms with Crippen LogP contribution in [0.2, 0.25) is 0 Å². The van der Waals surface area contributed by atoms with Crippen molar-refractivity contribution in [1.82, 2.24) is 15.5 Å². The van der Waals surface area contributed by atoms with Crippen LogP contribution in [0.25, 0.3) is 0 Å². The molecule has 3 amide bonds. The second-order valence-electron chi connectivity index (χ2n) is 10.9. The van der Waals surface area contributed by atoms with Gasteiger partial charge in [0.2, 0.25) is 17.7 Å². The lowest BCUT2D eigenvalue weighted by molar-refractivity contribution is -0.148. The Balaban J connectivity index is 1.48. The molecule has 1 aliphatic heterocycles. The molecule has 216 valence electrons. The van der Waals surface area contributed by atoms with E-state index in [1.165, 1.54) is 5.56 Å². The van der Waals surface area contributed by atoms with E-state index in [2.05, 4.69) is 23.6 Å². The summed E-state index contributed by atoms with van der Waals surface area (Å²) in [7, 11) is 0. The van der Waals surface area contributed by atoms with Crippen molar-refractivity contribution in [3.63, 3.8) is 0 Å². The Bertz CT molecular complexity index is 1180.